The SMILES string of the molecule is CSc1nc(Cl)cc(OCCCC(F)(F)F)n1. The van der Waals surface area contributed by atoms with Crippen molar-refractivity contribution in [3.8, 4) is 5.88 Å². The molecular weight excluding hydrogens is 277 g/mol. The molecule has 1 heterocycles. The van der Waals surface area contributed by atoms with E-state index in [1.807, 2.05) is 0 Å². The largest absolute Gasteiger partial charge is 0.478 e. The highest BCUT2D eigenvalue weighted by Crippen LogP contribution is 2.22. The van der Waals surface area contributed by atoms with Gasteiger partial charge in [0, 0.05) is 12.5 Å². The molecular formula is C9H10ClF3N2OS. The minimum atomic E-state index is -4.16. The molecule has 0 radical (unpaired) electrons. The van der Waals surface area contributed by atoms with Crippen LogP contribution in [0.4, 0.5) is 13.2 Å². The first kappa shape index (κ1) is 14.4. The Morgan fingerprint density at radius 2 is 2.12 bits per heavy atom. The van der Waals surface area contributed by atoms with Gasteiger partial charge in [0.25, 0.3) is 0 Å². The number of thioether (sulfide) groups is 1. The summed E-state index contributed by atoms with van der Waals surface area (Å²) in [6.07, 6.45) is -3.38. The van der Waals surface area contributed by atoms with Gasteiger partial charge in [-0.3, -0.25) is 0 Å². The zero-order valence-corrected chi connectivity index (χ0v) is 10.5. The lowest BCUT2D eigenvalue weighted by molar-refractivity contribution is -0.136. The van der Waals surface area contributed by atoms with Crippen LogP contribution in [0.3, 0.4) is 0 Å². The van der Waals surface area contributed by atoms with Crippen molar-refractivity contribution in [3.63, 3.8) is 0 Å². The Balaban J connectivity index is 2.44. The molecule has 0 aliphatic carbocycles. The number of alkyl halides is 3. The molecule has 1 rings (SSSR count). The number of nitrogens with zero attached hydrogens (tertiary/aromatic N) is 2. The second kappa shape index (κ2) is 6.30. The van der Waals surface area contributed by atoms with Crippen molar-refractivity contribution in [1.82, 2.24) is 9.97 Å². The lowest BCUT2D eigenvalue weighted by Gasteiger charge is -2.08. The first-order valence-corrected chi connectivity index (χ1v) is 6.29. The van der Waals surface area contributed by atoms with Crippen molar-refractivity contribution in [2.24, 2.45) is 0 Å². The van der Waals surface area contributed by atoms with Gasteiger partial charge in [0.15, 0.2) is 5.16 Å². The molecule has 0 amide bonds. The van der Waals surface area contributed by atoms with Crippen LogP contribution in [-0.4, -0.2) is 29.0 Å². The molecule has 0 unspecified atom stereocenters. The summed E-state index contributed by atoms with van der Waals surface area (Å²) in [4.78, 5) is 7.83. The monoisotopic (exact) mass is 286 g/mol. The molecule has 0 aliphatic rings. The molecule has 0 bridgehead atoms. The Kier molecular flexibility index (Phi) is 5.32. The lowest BCUT2D eigenvalue weighted by Crippen LogP contribution is -2.10. The first-order valence-electron chi connectivity index (χ1n) is 4.69. The number of ether oxygens (including phenoxy) is 1. The van der Waals surface area contributed by atoms with E-state index in [0.717, 1.165) is 0 Å². The molecule has 0 spiro atoms. The van der Waals surface area contributed by atoms with Crippen LogP contribution in [0.5, 0.6) is 5.88 Å². The van der Waals surface area contributed by atoms with Crippen molar-refractivity contribution < 1.29 is 17.9 Å². The number of rotatable bonds is 5. The Morgan fingerprint density at radius 1 is 1.41 bits per heavy atom. The van der Waals surface area contributed by atoms with Crippen molar-refractivity contribution in [3.05, 3.63) is 11.2 Å². The van der Waals surface area contributed by atoms with Crippen LogP contribution in [-0.2, 0) is 0 Å². The number of aromatic nitrogens is 2. The Bertz CT molecular complexity index is 376. The van der Waals surface area contributed by atoms with Crippen LogP contribution >= 0.6 is 23.4 Å². The Morgan fingerprint density at radius 3 is 2.71 bits per heavy atom. The first-order chi connectivity index (χ1) is 7.90. The van der Waals surface area contributed by atoms with Crippen LogP contribution in [0.15, 0.2) is 11.2 Å². The summed E-state index contributed by atoms with van der Waals surface area (Å²) < 4.78 is 40.7. The standard InChI is InChI=1S/C9H10ClF3N2OS/c1-17-8-14-6(10)5-7(15-8)16-4-2-3-9(11,12)13/h5H,2-4H2,1H3. The van der Waals surface area contributed by atoms with Gasteiger partial charge in [-0.1, -0.05) is 23.4 Å². The fourth-order valence-electron chi connectivity index (χ4n) is 0.992. The van der Waals surface area contributed by atoms with E-state index in [1.165, 1.54) is 17.8 Å². The van der Waals surface area contributed by atoms with Crippen molar-refractivity contribution in [2.75, 3.05) is 12.9 Å². The predicted molar refractivity (Wildman–Crippen MR) is 59.6 cm³/mol. The lowest BCUT2D eigenvalue weighted by atomic mass is 10.3. The van der Waals surface area contributed by atoms with Gasteiger partial charge in [-0.15, -0.1) is 0 Å². The van der Waals surface area contributed by atoms with Crippen LogP contribution < -0.4 is 4.74 Å². The third-order valence-electron chi connectivity index (χ3n) is 1.69. The van der Waals surface area contributed by atoms with Gasteiger partial charge in [-0.2, -0.15) is 18.2 Å². The highest BCUT2D eigenvalue weighted by Gasteiger charge is 2.26. The van der Waals surface area contributed by atoms with E-state index in [0.29, 0.717) is 5.16 Å². The minimum Gasteiger partial charge on any atom is -0.478 e. The van der Waals surface area contributed by atoms with Gasteiger partial charge in [0.05, 0.1) is 6.61 Å². The van der Waals surface area contributed by atoms with E-state index in [4.69, 9.17) is 16.3 Å². The summed E-state index contributed by atoms with van der Waals surface area (Å²) in [5.41, 5.74) is 0. The molecule has 0 fully saturated rings. The average molecular weight is 287 g/mol. The van der Waals surface area contributed by atoms with Crippen molar-refractivity contribution >= 4 is 23.4 Å². The normalized spacial score (nSPS) is 11.6. The maximum Gasteiger partial charge on any atom is 0.389 e. The third kappa shape index (κ3) is 5.97. The van der Waals surface area contributed by atoms with E-state index in [2.05, 4.69) is 9.97 Å². The Labute approximate surface area is 106 Å². The van der Waals surface area contributed by atoms with E-state index in [1.54, 1.807) is 6.26 Å². The molecule has 0 aliphatic heterocycles. The average Bonchev–Trinajstić information content (AvgIpc) is 2.22. The number of hydrogen-bond donors (Lipinski definition) is 0. The Hall–Kier alpha value is -0.690. The quantitative estimate of drug-likeness (QED) is 0.359. The van der Waals surface area contributed by atoms with Crippen LogP contribution in [0.1, 0.15) is 12.8 Å². The predicted octanol–water partition coefficient (Wildman–Crippen LogP) is 3.57. The van der Waals surface area contributed by atoms with Gasteiger partial charge >= 0.3 is 6.18 Å². The van der Waals surface area contributed by atoms with Crippen molar-refractivity contribution in [1.29, 1.82) is 0 Å². The second-order valence-corrected chi connectivity index (χ2v) is 4.24. The molecule has 3 nitrogen and oxygen atoms in total. The highest BCUT2D eigenvalue weighted by atomic mass is 35.5. The van der Waals surface area contributed by atoms with Gasteiger partial charge in [0.2, 0.25) is 5.88 Å². The maximum atomic E-state index is 11.9. The summed E-state index contributed by atoms with van der Waals surface area (Å²) in [5.74, 6) is 0.191. The van der Waals surface area contributed by atoms with Crippen LogP contribution in [0, 0.1) is 0 Å². The molecule has 0 N–H and O–H groups in total. The van der Waals surface area contributed by atoms with Crippen LogP contribution in [0.2, 0.25) is 5.15 Å². The molecule has 96 valence electrons. The third-order valence-corrected chi connectivity index (χ3v) is 2.43. The molecule has 0 aromatic carbocycles. The van der Waals surface area contributed by atoms with Gasteiger partial charge < -0.3 is 4.74 Å². The van der Waals surface area contributed by atoms with E-state index >= 15 is 0 Å². The zero-order valence-electron chi connectivity index (χ0n) is 8.92. The van der Waals surface area contributed by atoms with Gasteiger partial charge in [-0.25, -0.2) is 4.98 Å². The summed E-state index contributed by atoms with van der Waals surface area (Å²) in [6.45, 7) is -0.0549. The topological polar surface area (TPSA) is 35.0 Å². The van der Waals surface area contributed by atoms with Gasteiger partial charge in [0.1, 0.15) is 5.15 Å². The summed E-state index contributed by atoms with van der Waals surface area (Å²) in [5, 5.41) is 0.624. The molecule has 0 saturated heterocycles. The summed E-state index contributed by atoms with van der Waals surface area (Å²) >= 11 is 6.96. The molecule has 1 aromatic heterocycles. The zero-order chi connectivity index (χ0) is 12.9. The molecule has 1 aromatic rings. The summed E-state index contributed by atoms with van der Waals surface area (Å²) in [7, 11) is 0. The smallest absolute Gasteiger partial charge is 0.389 e. The highest BCUT2D eigenvalue weighted by molar-refractivity contribution is 7.98. The van der Waals surface area contributed by atoms with E-state index < -0.39 is 12.6 Å². The molecule has 8 heteroatoms. The second-order valence-electron chi connectivity index (χ2n) is 3.08. The van der Waals surface area contributed by atoms with Crippen LogP contribution in [0.25, 0.3) is 0 Å². The minimum absolute atomic E-state index is 0.0549. The molecule has 17 heavy (non-hydrogen) atoms. The molecule has 0 atom stereocenters. The van der Waals surface area contributed by atoms with E-state index in [-0.39, 0.29) is 24.1 Å². The number of hydrogen-bond acceptors (Lipinski definition) is 4. The molecule has 0 saturated carbocycles. The maximum absolute atomic E-state index is 11.9. The summed E-state index contributed by atoms with van der Waals surface area (Å²) in [6, 6.07) is 1.37. The van der Waals surface area contributed by atoms with Gasteiger partial charge in [-0.05, 0) is 12.7 Å². The fraction of sp³-hybridized carbons (Fsp3) is 0.556. The number of halogens is 4. The van der Waals surface area contributed by atoms with Crippen molar-refractivity contribution in [2.45, 2.75) is 24.2 Å². The van der Waals surface area contributed by atoms with E-state index in [9.17, 15) is 13.2 Å². The fourth-order valence-corrected chi connectivity index (χ4v) is 1.59.